The zero-order valence-corrected chi connectivity index (χ0v) is 9.03. The molecule has 13 heavy (non-hydrogen) atoms. The van der Waals surface area contributed by atoms with Crippen LogP contribution in [0.5, 0.6) is 0 Å². The van der Waals surface area contributed by atoms with Gasteiger partial charge in [0.25, 0.3) is 0 Å². The van der Waals surface area contributed by atoms with E-state index in [2.05, 4.69) is 11.9 Å². The summed E-state index contributed by atoms with van der Waals surface area (Å²) in [7, 11) is 0. The molecular formula is C10H16N2S. The largest absolute Gasteiger partial charge is 0.398 e. The second-order valence-corrected chi connectivity index (χ2v) is 4.20. The van der Waals surface area contributed by atoms with Gasteiger partial charge in [0.15, 0.2) is 0 Å². The van der Waals surface area contributed by atoms with E-state index in [0.29, 0.717) is 0 Å². The van der Waals surface area contributed by atoms with Gasteiger partial charge >= 0.3 is 0 Å². The lowest BCUT2D eigenvalue weighted by Gasteiger charge is -2.02. The SMILES string of the molecule is CCCCSc1cc(N)c(C)cn1. The average Bonchev–Trinajstić information content (AvgIpc) is 2.12. The molecule has 2 nitrogen and oxygen atoms in total. The van der Waals surface area contributed by atoms with Gasteiger partial charge in [-0.2, -0.15) is 0 Å². The molecule has 0 saturated heterocycles. The highest BCUT2D eigenvalue weighted by Crippen LogP contribution is 2.20. The van der Waals surface area contributed by atoms with Crippen LogP contribution >= 0.6 is 11.8 Å². The Morgan fingerprint density at radius 2 is 2.31 bits per heavy atom. The van der Waals surface area contributed by atoms with E-state index in [-0.39, 0.29) is 0 Å². The van der Waals surface area contributed by atoms with E-state index in [4.69, 9.17) is 5.73 Å². The lowest BCUT2D eigenvalue weighted by Crippen LogP contribution is -1.92. The van der Waals surface area contributed by atoms with Crippen molar-refractivity contribution < 1.29 is 0 Å². The smallest absolute Gasteiger partial charge is 0.0980 e. The molecule has 72 valence electrons. The highest BCUT2D eigenvalue weighted by atomic mass is 32.2. The number of hydrogen-bond donors (Lipinski definition) is 1. The Morgan fingerprint density at radius 1 is 1.54 bits per heavy atom. The van der Waals surface area contributed by atoms with Crippen LogP contribution in [0.2, 0.25) is 0 Å². The minimum atomic E-state index is 0.842. The normalized spacial score (nSPS) is 10.3. The number of hydrogen-bond acceptors (Lipinski definition) is 3. The number of rotatable bonds is 4. The Kier molecular flexibility index (Phi) is 4.09. The van der Waals surface area contributed by atoms with Crippen LogP contribution in [-0.2, 0) is 0 Å². The summed E-state index contributed by atoms with van der Waals surface area (Å²) in [5, 5.41) is 1.04. The quantitative estimate of drug-likeness (QED) is 0.594. The van der Waals surface area contributed by atoms with E-state index < -0.39 is 0 Å². The number of unbranched alkanes of at least 4 members (excludes halogenated alkanes) is 1. The van der Waals surface area contributed by atoms with Crippen LogP contribution in [0.25, 0.3) is 0 Å². The van der Waals surface area contributed by atoms with Gasteiger partial charge in [0.05, 0.1) is 5.03 Å². The number of aryl methyl sites for hydroxylation is 1. The Bertz CT molecular complexity index is 274. The Morgan fingerprint density at radius 3 is 2.92 bits per heavy atom. The third kappa shape index (κ3) is 3.27. The minimum Gasteiger partial charge on any atom is -0.398 e. The lowest BCUT2D eigenvalue weighted by molar-refractivity contribution is 0.894. The summed E-state index contributed by atoms with van der Waals surface area (Å²) in [6.07, 6.45) is 4.30. The van der Waals surface area contributed by atoms with Gasteiger partial charge in [-0.3, -0.25) is 0 Å². The first-order chi connectivity index (χ1) is 6.24. The fraction of sp³-hybridized carbons (Fsp3) is 0.500. The summed E-state index contributed by atoms with van der Waals surface area (Å²) in [6.45, 7) is 4.17. The van der Waals surface area contributed by atoms with Crippen LogP contribution in [0.3, 0.4) is 0 Å². The van der Waals surface area contributed by atoms with Crippen LogP contribution in [0.4, 0.5) is 5.69 Å². The van der Waals surface area contributed by atoms with Crippen LogP contribution in [0.1, 0.15) is 25.3 Å². The second kappa shape index (κ2) is 5.12. The van der Waals surface area contributed by atoms with Crippen molar-refractivity contribution in [2.45, 2.75) is 31.7 Å². The third-order valence-corrected chi connectivity index (χ3v) is 2.88. The van der Waals surface area contributed by atoms with Crippen molar-refractivity contribution in [1.29, 1.82) is 0 Å². The summed E-state index contributed by atoms with van der Waals surface area (Å²) < 4.78 is 0. The molecule has 2 N–H and O–H groups in total. The first kappa shape index (κ1) is 10.4. The van der Waals surface area contributed by atoms with Crippen molar-refractivity contribution in [1.82, 2.24) is 4.98 Å². The van der Waals surface area contributed by atoms with Gasteiger partial charge in [0.2, 0.25) is 0 Å². The molecule has 1 rings (SSSR count). The Balaban J connectivity index is 2.53. The van der Waals surface area contributed by atoms with Crippen LogP contribution < -0.4 is 5.73 Å². The molecule has 1 aromatic heterocycles. The van der Waals surface area contributed by atoms with Crippen molar-refractivity contribution in [2.75, 3.05) is 11.5 Å². The fourth-order valence-corrected chi connectivity index (χ4v) is 1.90. The highest BCUT2D eigenvalue weighted by molar-refractivity contribution is 7.99. The molecule has 0 radical (unpaired) electrons. The fourth-order valence-electron chi connectivity index (χ4n) is 0.919. The molecule has 3 heteroatoms. The van der Waals surface area contributed by atoms with Gasteiger partial charge in [-0.15, -0.1) is 11.8 Å². The monoisotopic (exact) mass is 196 g/mol. The van der Waals surface area contributed by atoms with Crippen molar-refractivity contribution in [3.05, 3.63) is 17.8 Å². The number of anilines is 1. The predicted molar refractivity (Wildman–Crippen MR) is 59.0 cm³/mol. The van der Waals surface area contributed by atoms with Gasteiger partial charge < -0.3 is 5.73 Å². The molecular weight excluding hydrogens is 180 g/mol. The van der Waals surface area contributed by atoms with Gasteiger partial charge in [0, 0.05) is 11.9 Å². The minimum absolute atomic E-state index is 0.842. The molecule has 0 amide bonds. The number of thioether (sulfide) groups is 1. The summed E-state index contributed by atoms with van der Waals surface area (Å²) in [6, 6.07) is 1.95. The molecule has 0 atom stereocenters. The summed E-state index contributed by atoms with van der Waals surface area (Å²) in [5.74, 6) is 1.13. The molecule has 0 aliphatic carbocycles. The maximum absolute atomic E-state index is 5.77. The maximum Gasteiger partial charge on any atom is 0.0980 e. The Hall–Kier alpha value is -0.700. The highest BCUT2D eigenvalue weighted by Gasteiger charge is 1.98. The van der Waals surface area contributed by atoms with Crippen LogP contribution in [-0.4, -0.2) is 10.7 Å². The van der Waals surface area contributed by atoms with E-state index in [1.807, 2.05) is 19.2 Å². The van der Waals surface area contributed by atoms with Crippen molar-refractivity contribution in [2.24, 2.45) is 0 Å². The van der Waals surface area contributed by atoms with E-state index in [0.717, 1.165) is 22.0 Å². The van der Waals surface area contributed by atoms with Gasteiger partial charge in [-0.05, 0) is 30.7 Å². The van der Waals surface area contributed by atoms with Crippen molar-refractivity contribution >= 4 is 17.4 Å². The number of aromatic nitrogens is 1. The second-order valence-electron chi connectivity index (χ2n) is 3.08. The standard InChI is InChI=1S/C10H16N2S/c1-3-4-5-13-10-6-9(11)8(2)7-12-10/h6-7H,3-5H2,1-2H3,(H2,11,12). The zero-order valence-electron chi connectivity index (χ0n) is 8.21. The molecule has 0 aromatic carbocycles. The molecule has 0 unspecified atom stereocenters. The van der Waals surface area contributed by atoms with Gasteiger partial charge in [-0.25, -0.2) is 4.98 Å². The lowest BCUT2D eigenvalue weighted by atomic mass is 10.3. The number of nitrogen functional groups attached to an aromatic ring is 1. The van der Waals surface area contributed by atoms with E-state index in [9.17, 15) is 0 Å². The topological polar surface area (TPSA) is 38.9 Å². The number of nitrogens with zero attached hydrogens (tertiary/aromatic N) is 1. The average molecular weight is 196 g/mol. The first-order valence-electron chi connectivity index (χ1n) is 4.59. The van der Waals surface area contributed by atoms with Gasteiger partial charge in [-0.1, -0.05) is 13.3 Å². The summed E-state index contributed by atoms with van der Waals surface area (Å²) in [5.41, 5.74) is 7.67. The van der Waals surface area contributed by atoms with Crippen LogP contribution in [0.15, 0.2) is 17.3 Å². The molecule has 0 spiro atoms. The third-order valence-electron chi connectivity index (χ3n) is 1.87. The predicted octanol–water partition coefficient (Wildman–Crippen LogP) is 2.86. The number of pyridine rings is 1. The molecule has 1 aromatic rings. The summed E-state index contributed by atoms with van der Waals surface area (Å²) >= 11 is 1.78. The van der Waals surface area contributed by atoms with Crippen LogP contribution in [0, 0.1) is 6.92 Å². The molecule has 1 heterocycles. The first-order valence-corrected chi connectivity index (χ1v) is 5.57. The van der Waals surface area contributed by atoms with Gasteiger partial charge in [0.1, 0.15) is 0 Å². The molecule has 0 saturated carbocycles. The van der Waals surface area contributed by atoms with E-state index in [1.165, 1.54) is 12.8 Å². The Labute approximate surface area is 83.9 Å². The zero-order chi connectivity index (χ0) is 9.68. The summed E-state index contributed by atoms with van der Waals surface area (Å²) in [4.78, 5) is 4.29. The maximum atomic E-state index is 5.77. The molecule has 0 fully saturated rings. The van der Waals surface area contributed by atoms with Crippen molar-refractivity contribution in [3.63, 3.8) is 0 Å². The van der Waals surface area contributed by atoms with E-state index >= 15 is 0 Å². The number of nitrogens with two attached hydrogens (primary N) is 1. The molecule has 0 bridgehead atoms. The molecule has 0 aliphatic rings. The van der Waals surface area contributed by atoms with Crippen molar-refractivity contribution in [3.8, 4) is 0 Å². The molecule has 0 aliphatic heterocycles. The van der Waals surface area contributed by atoms with E-state index in [1.54, 1.807) is 11.8 Å².